The van der Waals surface area contributed by atoms with Gasteiger partial charge in [0.05, 0.1) is 6.10 Å². The van der Waals surface area contributed by atoms with E-state index in [2.05, 4.69) is 40.7 Å². The third-order valence-corrected chi connectivity index (χ3v) is 9.20. The van der Waals surface area contributed by atoms with Crippen LogP contribution in [0.2, 0.25) is 0 Å². The van der Waals surface area contributed by atoms with Crippen molar-refractivity contribution in [1.29, 1.82) is 0 Å². The fraction of sp³-hybridized carbons (Fsp3) is 0.714. The highest BCUT2D eigenvalue weighted by Crippen LogP contribution is 2.66. The van der Waals surface area contributed by atoms with Gasteiger partial charge in [-0.25, -0.2) is 0 Å². The fourth-order valence-electron chi connectivity index (χ4n) is 7.97. The monoisotopic (exact) mass is 440 g/mol. The highest BCUT2D eigenvalue weighted by Gasteiger charge is 2.63. The molecule has 2 unspecified atom stereocenters. The van der Waals surface area contributed by atoms with Crippen LogP contribution in [0.3, 0.4) is 0 Å². The average molecular weight is 441 g/mol. The Morgan fingerprint density at radius 2 is 2.03 bits per heavy atom. The van der Waals surface area contributed by atoms with Crippen LogP contribution in [0.5, 0.6) is 0 Å². The maximum absolute atomic E-state index is 13.3. The number of hydrogen-bond donors (Lipinski definition) is 1. The summed E-state index contributed by atoms with van der Waals surface area (Å²) >= 11 is 0. The van der Waals surface area contributed by atoms with Gasteiger partial charge in [0.25, 0.3) is 0 Å². The SMILES string of the molecule is CCCCCOCC(=O)[C@H]1C(C)C[C@H]2[C@@H]3C=C(C)C4=CC(=O)C=C[C@]4(C)[C@H]3C(O)C[C@]12C. The van der Waals surface area contributed by atoms with Crippen molar-refractivity contribution in [3.8, 4) is 0 Å². The number of carbonyl (C=O) groups is 2. The summed E-state index contributed by atoms with van der Waals surface area (Å²) in [5.74, 6) is 1.02. The molecule has 0 aromatic heterocycles. The van der Waals surface area contributed by atoms with Crippen molar-refractivity contribution in [3.05, 3.63) is 35.5 Å². The lowest BCUT2D eigenvalue weighted by molar-refractivity contribution is -0.139. The summed E-state index contributed by atoms with van der Waals surface area (Å²) in [5, 5.41) is 11.5. The lowest BCUT2D eigenvalue weighted by Gasteiger charge is -2.57. The van der Waals surface area contributed by atoms with Crippen LogP contribution in [-0.2, 0) is 14.3 Å². The van der Waals surface area contributed by atoms with Crippen LogP contribution in [0.1, 0.15) is 66.7 Å². The van der Waals surface area contributed by atoms with Gasteiger partial charge in [-0.1, -0.05) is 58.3 Å². The van der Waals surface area contributed by atoms with E-state index in [1.165, 1.54) is 0 Å². The summed E-state index contributed by atoms with van der Waals surface area (Å²) in [4.78, 5) is 25.4. The van der Waals surface area contributed by atoms with Gasteiger partial charge in [-0.2, -0.15) is 0 Å². The summed E-state index contributed by atoms with van der Waals surface area (Å²) in [6.07, 6.45) is 12.1. The molecule has 0 amide bonds. The number of aliphatic hydroxyl groups excluding tert-OH is 1. The maximum atomic E-state index is 13.3. The Morgan fingerprint density at radius 1 is 1.28 bits per heavy atom. The lowest BCUT2D eigenvalue weighted by Crippen LogP contribution is -2.56. The first-order valence-corrected chi connectivity index (χ1v) is 12.6. The van der Waals surface area contributed by atoms with Crippen molar-refractivity contribution in [3.63, 3.8) is 0 Å². The van der Waals surface area contributed by atoms with Crippen molar-refractivity contribution < 1.29 is 19.4 Å². The van der Waals surface area contributed by atoms with Crippen LogP contribution in [0.4, 0.5) is 0 Å². The van der Waals surface area contributed by atoms with E-state index in [1.807, 2.05) is 6.08 Å². The molecule has 4 rings (SSSR count). The maximum Gasteiger partial charge on any atom is 0.178 e. The molecule has 4 aliphatic carbocycles. The quantitative estimate of drug-likeness (QED) is 0.562. The van der Waals surface area contributed by atoms with Crippen molar-refractivity contribution in [2.24, 2.45) is 40.4 Å². The van der Waals surface area contributed by atoms with Gasteiger partial charge in [0.2, 0.25) is 0 Å². The summed E-state index contributed by atoms with van der Waals surface area (Å²) < 4.78 is 5.76. The third-order valence-electron chi connectivity index (χ3n) is 9.20. The van der Waals surface area contributed by atoms with E-state index in [4.69, 9.17) is 4.74 Å². The van der Waals surface area contributed by atoms with Gasteiger partial charge in [-0.3, -0.25) is 9.59 Å². The van der Waals surface area contributed by atoms with E-state index in [-0.39, 0.29) is 52.7 Å². The Labute approximate surface area is 193 Å². The van der Waals surface area contributed by atoms with Gasteiger partial charge in [-0.05, 0) is 67.1 Å². The summed E-state index contributed by atoms with van der Waals surface area (Å²) in [5.41, 5.74) is 1.62. The normalized spacial score (nSPS) is 42.6. The lowest BCUT2D eigenvalue weighted by atomic mass is 9.47. The second-order valence-corrected chi connectivity index (χ2v) is 11.3. The highest BCUT2D eigenvalue weighted by molar-refractivity contribution is 6.02. The fourth-order valence-corrected chi connectivity index (χ4v) is 7.97. The molecule has 4 heteroatoms. The molecule has 1 N–H and O–H groups in total. The molecule has 0 saturated heterocycles. The standard InChI is InChI=1S/C28H40O4/c1-6-7-8-11-32-16-24(31)25-18(3)13-22-20-12-17(2)21-14-19(29)9-10-27(21,4)26(20)23(30)15-28(22,25)5/h9-10,12,14,18,20,22-23,25-26,30H,6-8,11,13,15-16H2,1-5H3/t18?,20-,22-,23?,25+,26+,27-,28-/m0/s1. The average Bonchev–Trinajstić information content (AvgIpc) is 2.98. The predicted molar refractivity (Wildman–Crippen MR) is 126 cm³/mol. The topological polar surface area (TPSA) is 63.6 Å². The second kappa shape index (κ2) is 8.68. The summed E-state index contributed by atoms with van der Waals surface area (Å²) in [6, 6.07) is 0. The van der Waals surface area contributed by atoms with Gasteiger partial charge in [0.15, 0.2) is 11.6 Å². The molecule has 8 atom stereocenters. The number of carbonyl (C=O) groups excluding carboxylic acids is 2. The third kappa shape index (κ3) is 3.68. The number of rotatable bonds is 7. The molecule has 0 radical (unpaired) electrons. The first kappa shape index (κ1) is 23.6. The van der Waals surface area contributed by atoms with E-state index in [1.54, 1.807) is 12.2 Å². The Hall–Kier alpha value is -1.52. The molecular weight excluding hydrogens is 400 g/mol. The Bertz CT molecular complexity index is 867. The van der Waals surface area contributed by atoms with Crippen LogP contribution in [0.25, 0.3) is 0 Å². The molecule has 2 saturated carbocycles. The molecule has 4 nitrogen and oxygen atoms in total. The Kier molecular flexibility index (Phi) is 6.41. The minimum absolute atomic E-state index is 0.0258. The number of fused-ring (bicyclic) bond motifs is 5. The predicted octanol–water partition coefficient (Wildman–Crippen LogP) is 5.07. The molecule has 32 heavy (non-hydrogen) atoms. The van der Waals surface area contributed by atoms with Crippen LogP contribution >= 0.6 is 0 Å². The molecule has 2 fully saturated rings. The van der Waals surface area contributed by atoms with E-state index >= 15 is 0 Å². The molecule has 0 aromatic carbocycles. The summed E-state index contributed by atoms with van der Waals surface area (Å²) in [6.45, 7) is 11.7. The number of ketones is 2. The van der Waals surface area contributed by atoms with Crippen LogP contribution < -0.4 is 0 Å². The molecule has 0 heterocycles. The van der Waals surface area contributed by atoms with E-state index in [0.717, 1.165) is 36.8 Å². The molecule has 0 aromatic rings. The van der Waals surface area contributed by atoms with Gasteiger partial charge in [-0.15, -0.1) is 0 Å². The van der Waals surface area contributed by atoms with E-state index < -0.39 is 6.10 Å². The second-order valence-electron chi connectivity index (χ2n) is 11.3. The van der Waals surface area contributed by atoms with Crippen molar-refractivity contribution in [2.75, 3.05) is 13.2 Å². The zero-order valence-electron chi connectivity index (χ0n) is 20.4. The zero-order valence-corrected chi connectivity index (χ0v) is 20.4. The molecule has 0 spiro atoms. The minimum Gasteiger partial charge on any atom is -0.393 e. The molecular formula is C28H40O4. The van der Waals surface area contributed by atoms with Crippen LogP contribution in [0.15, 0.2) is 35.5 Å². The number of ether oxygens (including phenoxy) is 1. The van der Waals surface area contributed by atoms with Gasteiger partial charge < -0.3 is 9.84 Å². The number of allylic oxidation sites excluding steroid dienone is 6. The Morgan fingerprint density at radius 3 is 2.75 bits per heavy atom. The first-order chi connectivity index (χ1) is 15.1. The zero-order chi connectivity index (χ0) is 23.3. The van der Waals surface area contributed by atoms with Gasteiger partial charge >= 0.3 is 0 Å². The summed E-state index contributed by atoms with van der Waals surface area (Å²) in [7, 11) is 0. The van der Waals surface area contributed by atoms with Crippen LogP contribution in [0, 0.1) is 40.4 Å². The Balaban J connectivity index is 1.61. The molecule has 4 aliphatic rings. The number of aliphatic hydroxyl groups is 1. The number of unbranched alkanes of at least 4 members (excludes halogenated alkanes) is 2. The smallest absolute Gasteiger partial charge is 0.178 e. The molecule has 176 valence electrons. The number of Topliss-reactive ketones (excluding diaryl/α,β-unsaturated/α-hetero) is 1. The molecule has 0 aliphatic heterocycles. The largest absolute Gasteiger partial charge is 0.393 e. The van der Waals surface area contributed by atoms with E-state index in [9.17, 15) is 14.7 Å². The minimum atomic E-state index is -0.511. The highest BCUT2D eigenvalue weighted by atomic mass is 16.5. The van der Waals surface area contributed by atoms with Gasteiger partial charge in [0.1, 0.15) is 6.61 Å². The first-order valence-electron chi connectivity index (χ1n) is 12.6. The van der Waals surface area contributed by atoms with Crippen molar-refractivity contribution in [1.82, 2.24) is 0 Å². The van der Waals surface area contributed by atoms with Crippen molar-refractivity contribution >= 4 is 11.6 Å². The van der Waals surface area contributed by atoms with Gasteiger partial charge in [0, 0.05) is 23.9 Å². The van der Waals surface area contributed by atoms with Crippen LogP contribution in [-0.4, -0.2) is 36.0 Å². The van der Waals surface area contributed by atoms with E-state index in [0.29, 0.717) is 18.9 Å². The molecule has 0 bridgehead atoms. The number of hydrogen-bond acceptors (Lipinski definition) is 4. The van der Waals surface area contributed by atoms with Crippen molar-refractivity contribution in [2.45, 2.75) is 72.8 Å².